The lowest BCUT2D eigenvalue weighted by Crippen LogP contribution is -2.08. The van der Waals surface area contributed by atoms with Crippen LogP contribution >= 0.6 is 0 Å². The van der Waals surface area contributed by atoms with Gasteiger partial charge in [0.15, 0.2) is 0 Å². The van der Waals surface area contributed by atoms with Gasteiger partial charge in [-0.2, -0.15) is 0 Å². The highest BCUT2D eigenvalue weighted by Gasteiger charge is 2.09. The van der Waals surface area contributed by atoms with Gasteiger partial charge in [0, 0.05) is 19.3 Å². The summed E-state index contributed by atoms with van der Waals surface area (Å²) in [5.41, 5.74) is 0. The lowest BCUT2D eigenvalue weighted by Gasteiger charge is -1.96. The van der Waals surface area contributed by atoms with Crippen LogP contribution in [0.2, 0.25) is 0 Å². The summed E-state index contributed by atoms with van der Waals surface area (Å²) in [5, 5.41) is 8.25. The summed E-state index contributed by atoms with van der Waals surface area (Å²) >= 11 is 0. The van der Waals surface area contributed by atoms with Crippen molar-refractivity contribution < 1.29 is 19.5 Å². The van der Waals surface area contributed by atoms with Crippen molar-refractivity contribution in [1.82, 2.24) is 0 Å². The Kier molecular flexibility index (Phi) is 5.76. The van der Waals surface area contributed by atoms with Crippen LogP contribution in [0.15, 0.2) is 0 Å². The molecular weight excluding hydrogens is 172 g/mol. The summed E-state index contributed by atoms with van der Waals surface area (Å²) in [6.07, 6.45) is 1.01. The van der Waals surface area contributed by atoms with E-state index in [9.17, 15) is 14.4 Å². The van der Waals surface area contributed by atoms with Crippen molar-refractivity contribution in [2.45, 2.75) is 39.0 Å². The van der Waals surface area contributed by atoms with Crippen LogP contribution in [0.1, 0.15) is 39.0 Å². The van der Waals surface area contributed by atoms with Gasteiger partial charge in [0.2, 0.25) is 0 Å². The largest absolute Gasteiger partial charge is 0.481 e. The molecule has 0 spiro atoms. The van der Waals surface area contributed by atoms with Crippen LogP contribution in [0.25, 0.3) is 0 Å². The van der Waals surface area contributed by atoms with Crippen molar-refractivity contribution in [3.05, 3.63) is 0 Å². The topological polar surface area (TPSA) is 71.4 Å². The molecule has 0 rings (SSSR count). The molecular formula is C9H14O4. The Bertz CT molecular complexity index is 208. The van der Waals surface area contributed by atoms with Gasteiger partial charge in [0.05, 0.1) is 0 Å². The molecule has 1 N–H and O–H groups in total. The van der Waals surface area contributed by atoms with Gasteiger partial charge in [-0.15, -0.1) is 0 Å². The Morgan fingerprint density at radius 1 is 1.00 bits per heavy atom. The van der Waals surface area contributed by atoms with Crippen LogP contribution in [0, 0.1) is 0 Å². The second-order valence-electron chi connectivity index (χ2n) is 2.90. The minimum absolute atomic E-state index is 0.0289. The Morgan fingerprint density at radius 3 is 2.00 bits per heavy atom. The molecule has 0 atom stereocenters. The third kappa shape index (κ3) is 7.18. The zero-order valence-electron chi connectivity index (χ0n) is 7.71. The number of aliphatic carboxylic acids is 1. The predicted molar refractivity (Wildman–Crippen MR) is 46.4 cm³/mol. The van der Waals surface area contributed by atoms with E-state index < -0.39 is 12.4 Å². The number of hydrogen-bond donors (Lipinski definition) is 1. The van der Waals surface area contributed by atoms with Crippen molar-refractivity contribution >= 4 is 17.5 Å². The molecule has 0 fully saturated rings. The van der Waals surface area contributed by atoms with Crippen molar-refractivity contribution in [1.29, 1.82) is 0 Å². The van der Waals surface area contributed by atoms with E-state index in [0.29, 0.717) is 6.42 Å². The van der Waals surface area contributed by atoms with Crippen molar-refractivity contribution in [2.75, 3.05) is 0 Å². The third-order valence-corrected chi connectivity index (χ3v) is 1.56. The number of carbonyl (C=O) groups excluding carboxylic acids is 2. The van der Waals surface area contributed by atoms with E-state index in [1.807, 2.05) is 6.92 Å². The highest BCUT2D eigenvalue weighted by Crippen LogP contribution is 2.00. The van der Waals surface area contributed by atoms with E-state index in [-0.39, 0.29) is 24.4 Å². The van der Waals surface area contributed by atoms with Crippen molar-refractivity contribution in [3.8, 4) is 0 Å². The number of carboxylic acid groups (broad SMARTS) is 1. The maximum atomic E-state index is 10.9. The summed E-state index contributed by atoms with van der Waals surface area (Å²) in [4.78, 5) is 31.8. The van der Waals surface area contributed by atoms with E-state index in [1.165, 1.54) is 0 Å². The number of Topliss-reactive ketones (excluding diaryl/α,β-unsaturated/α-hetero) is 2. The molecule has 0 aliphatic heterocycles. The number of hydrogen-bond acceptors (Lipinski definition) is 3. The Balaban J connectivity index is 3.58. The molecule has 74 valence electrons. The van der Waals surface area contributed by atoms with Crippen LogP contribution < -0.4 is 0 Å². The molecule has 13 heavy (non-hydrogen) atoms. The van der Waals surface area contributed by atoms with Gasteiger partial charge in [-0.1, -0.05) is 6.92 Å². The first-order valence-electron chi connectivity index (χ1n) is 4.31. The van der Waals surface area contributed by atoms with Crippen LogP contribution in [0.5, 0.6) is 0 Å². The number of carboxylic acids is 1. The maximum Gasteiger partial charge on any atom is 0.310 e. The molecule has 0 unspecified atom stereocenters. The minimum atomic E-state index is -1.13. The van der Waals surface area contributed by atoms with Gasteiger partial charge < -0.3 is 5.11 Å². The second kappa shape index (κ2) is 6.34. The summed E-state index contributed by atoms with van der Waals surface area (Å²) < 4.78 is 0. The molecule has 4 nitrogen and oxygen atoms in total. The van der Waals surface area contributed by atoms with Gasteiger partial charge in [-0.05, 0) is 6.42 Å². The van der Waals surface area contributed by atoms with E-state index in [1.54, 1.807) is 0 Å². The Hall–Kier alpha value is -1.19. The molecule has 0 aliphatic rings. The van der Waals surface area contributed by atoms with E-state index in [2.05, 4.69) is 0 Å². The monoisotopic (exact) mass is 186 g/mol. The first kappa shape index (κ1) is 11.8. The second-order valence-corrected chi connectivity index (χ2v) is 2.90. The summed E-state index contributed by atoms with van der Waals surface area (Å²) in [6.45, 7) is 1.89. The molecule has 0 aromatic carbocycles. The Labute approximate surface area is 76.9 Å². The van der Waals surface area contributed by atoms with Crippen LogP contribution in [0.3, 0.4) is 0 Å². The van der Waals surface area contributed by atoms with E-state index in [0.717, 1.165) is 6.42 Å². The Morgan fingerprint density at radius 2 is 1.54 bits per heavy atom. The molecule has 0 saturated heterocycles. The van der Waals surface area contributed by atoms with Gasteiger partial charge in [-0.25, -0.2) is 0 Å². The van der Waals surface area contributed by atoms with Crippen molar-refractivity contribution in [3.63, 3.8) is 0 Å². The molecule has 0 radical (unpaired) electrons. The quantitative estimate of drug-likeness (QED) is 0.606. The molecule has 0 amide bonds. The van der Waals surface area contributed by atoms with Gasteiger partial charge in [-0.3, -0.25) is 14.4 Å². The smallest absolute Gasteiger partial charge is 0.310 e. The van der Waals surface area contributed by atoms with E-state index >= 15 is 0 Å². The SMILES string of the molecule is CCCC(=O)CCC(=O)CC(=O)O. The summed E-state index contributed by atoms with van der Waals surface area (Å²) in [6, 6.07) is 0. The molecule has 4 heteroatoms. The zero-order chi connectivity index (χ0) is 10.3. The first-order valence-corrected chi connectivity index (χ1v) is 4.31. The average Bonchev–Trinajstić information content (AvgIpc) is 2.00. The van der Waals surface area contributed by atoms with Crippen LogP contribution in [-0.2, 0) is 14.4 Å². The lowest BCUT2D eigenvalue weighted by molar-refractivity contribution is -0.140. The average molecular weight is 186 g/mol. The minimum Gasteiger partial charge on any atom is -0.481 e. The zero-order valence-corrected chi connectivity index (χ0v) is 7.71. The van der Waals surface area contributed by atoms with Gasteiger partial charge in [0.1, 0.15) is 18.0 Å². The predicted octanol–water partition coefficient (Wildman–Crippen LogP) is 1.18. The first-order chi connectivity index (χ1) is 6.06. The van der Waals surface area contributed by atoms with Gasteiger partial charge in [0.25, 0.3) is 0 Å². The third-order valence-electron chi connectivity index (χ3n) is 1.56. The number of ketones is 2. The molecule has 0 saturated carbocycles. The molecule has 0 aromatic heterocycles. The summed E-state index contributed by atoms with van der Waals surface area (Å²) in [7, 11) is 0. The van der Waals surface area contributed by atoms with Crippen LogP contribution in [0.4, 0.5) is 0 Å². The normalized spacial score (nSPS) is 9.62. The maximum absolute atomic E-state index is 10.9. The highest BCUT2D eigenvalue weighted by atomic mass is 16.4. The van der Waals surface area contributed by atoms with E-state index in [4.69, 9.17) is 5.11 Å². The van der Waals surface area contributed by atoms with Crippen LogP contribution in [-0.4, -0.2) is 22.6 Å². The fourth-order valence-electron chi connectivity index (χ4n) is 0.940. The fraction of sp³-hybridized carbons (Fsp3) is 0.667. The fourth-order valence-corrected chi connectivity index (χ4v) is 0.940. The number of rotatable bonds is 7. The lowest BCUT2D eigenvalue weighted by atomic mass is 10.1. The highest BCUT2D eigenvalue weighted by molar-refractivity contribution is 5.96. The van der Waals surface area contributed by atoms with Crippen molar-refractivity contribution in [2.24, 2.45) is 0 Å². The molecule has 0 bridgehead atoms. The summed E-state index contributed by atoms with van der Waals surface area (Å²) in [5.74, 6) is -1.48. The standard InChI is InChI=1S/C9H14O4/c1-2-3-7(10)4-5-8(11)6-9(12)13/h2-6H2,1H3,(H,12,13). The molecule has 0 heterocycles. The molecule has 0 aromatic rings. The van der Waals surface area contributed by atoms with Gasteiger partial charge >= 0.3 is 5.97 Å². The number of carbonyl (C=O) groups is 3. The molecule has 0 aliphatic carbocycles.